The first kappa shape index (κ1) is 11.9. The summed E-state index contributed by atoms with van der Waals surface area (Å²) >= 11 is 5.06. The molecule has 82 valence electrons. The summed E-state index contributed by atoms with van der Waals surface area (Å²) in [6.45, 7) is 4.23. The second-order valence-electron chi connectivity index (χ2n) is 3.80. The number of rotatable bonds is 4. The molecule has 4 heteroatoms. The van der Waals surface area contributed by atoms with E-state index in [4.69, 9.17) is 22.7 Å². The Labute approximate surface area is 91.6 Å². The topological polar surface area (TPSA) is 38.5 Å². The Kier molecular flexibility index (Phi) is 4.78. The predicted octanol–water partition coefficient (Wildman–Crippen LogP) is 1.16. The van der Waals surface area contributed by atoms with Gasteiger partial charge in [0.1, 0.15) is 0 Å². The monoisotopic (exact) mass is 216 g/mol. The molecule has 0 aliphatic carbocycles. The van der Waals surface area contributed by atoms with E-state index in [1.807, 2.05) is 0 Å². The smallest absolute Gasteiger partial charge is 0.0901 e. The van der Waals surface area contributed by atoms with Crippen molar-refractivity contribution < 1.29 is 4.74 Å². The van der Waals surface area contributed by atoms with E-state index < -0.39 is 0 Å². The summed E-state index contributed by atoms with van der Waals surface area (Å²) in [6, 6.07) is 0.280. The maximum atomic E-state index is 5.70. The second kappa shape index (κ2) is 5.63. The molecule has 0 radical (unpaired) electrons. The molecule has 0 aromatic rings. The molecule has 1 atom stereocenters. The molecule has 0 bridgehead atoms. The van der Waals surface area contributed by atoms with E-state index in [2.05, 4.69) is 11.8 Å². The van der Waals surface area contributed by atoms with Crippen LogP contribution in [0.1, 0.15) is 26.2 Å². The number of methoxy groups -OCH3 is 1. The lowest BCUT2D eigenvalue weighted by molar-refractivity contribution is 0.0353. The zero-order valence-electron chi connectivity index (χ0n) is 9.03. The molecule has 0 saturated carbocycles. The Morgan fingerprint density at radius 3 is 2.50 bits per heavy atom. The van der Waals surface area contributed by atoms with Gasteiger partial charge in [0.25, 0.3) is 0 Å². The number of hydrogen-bond acceptors (Lipinski definition) is 3. The Balaban J connectivity index is 2.43. The quantitative estimate of drug-likeness (QED) is 0.716. The lowest BCUT2D eigenvalue weighted by atomic mass is 10.0. The van der Waals surface area contributed by atoms with Crippen molar-refractivity contribution in [2.24, 2.45) is 5.73 Å². The van der Waals surface area contributed by atoms with Crippen molar-refractivity contribution in [1.29, 1.82) is 0 Å². The molecule has 2 N–H and O–H groups in total. The van der Waals surface area contributed by atoms with Crippen LogP contribution in [-0.2, 0) is 4.74 Å². The van der Waals surface area contributed by atoms with E-state index in [1.54, 1.807) is 7.11 Å². The summed E-state index contributed by atoms with van der Waals surface area (Å²) < 4.78 is 5.32. The highest BCUT2D eigenvalue weighted by atomic mass is 32.1. The molecule has 1 aliphatic rings. The fourth-order valence-corrected chi connectivity index (χ4v) is 2.38. The number of piperidine rings is 1. The third-order valence-electron chi connectivity index (χ3n) is 2.97. The van der Waals surface area contributed by atoms with Gasteiger partial charge in [-0.15, -0.1) is 0 Å². The molecule has 1 heterocycles. The maximum Gasteiger partial charge on any atom is 0.0901 e. The second-order valence-corrected chi connectivity index (χ2v) is 4.27. The molecule has 14 heavy (non-hydrogen) atoms. The van der Waals surface area contributed by atoms with Crippen LogP contribution in [0.4, 0.5) is 0 Å². The van der Waals surface area contributed by atoms with Crippen molar-refractivity contribution in [3.05, 3.63) is 0 Å². The fourth-order valence-electron chi connectivity index (χ4n) is 2.06. The van der Waals surface area contributed by atoms with Crippen molar-refractivity contribution >= 4 is 17.2 Å². The normalized spacial score (nSPS) is 22.1. The largest absolute Gasteiger partial charge is 0.392 e. The van der Waals surface area contributed by atoms with Crippen LogP contribution in [0.5, 0.6) is 0 Å². The van der Waals surface area contributed by atoms with Crippen molar-refractivity contribution in [1.82, 2.24) is 4.90 Å². The third kappa shape index (κ3) is 2.90. The molecule has 0 aromatic heterocycles. The first-order valence-corrected chi connectivity index (χ1v) is 5.66. The van der Waals surface area contributed by atoms with Crippen LogP contribution in [0.25, 0.3) is 0 Å². The lowest BCUT2D eigenvalue weighted by Crippen LogP contribution is -2.48. The minimum Gasteiger partial charge on any atom is -0.392 e. The minimum atomic E-state index is 0.280. The van der Waals surface area contributed by atoms with Crippen LogP contribution in [0, 0.1) is 0 Å². The average molecular weight is 216 g/mol. The van der Waals surface area contributed by atoms with E-state index in [0.717, 1.165) is 32.4 Å². The van der Waals surface area contributed by atoms with Gasteiger partial charge in [-0.25, -0.2) is 0 Å². The molecular weight excluding hydrogens is 196 g/mol. The van der Waals surface area contributed by atoms with Crippen molar-refractivity contribution in [3.63, 3.8) is 0 Å². The van der Waals surface area contributed by atoms with E-state index >= 15 is 0 Å². The van der Waals surface area contributed by atoms with Gasteiger partial charge in [0.05, 0.1) is 17.1 Å². The highest BCUT2D eigenvalue weighted by Crippen LogP contribution is 2.16. The summed E-state index contributed by atoms with van der Waals surface area (Å²) in [7, 11) is 1.78. The molecular formula is C10H20N2OS. The van der Waals surface area contributed by atoms with E-state index in [0.29, 0.717) is 11.1 Å². The highest BCUT2D eigenvalue weighted by Gasteiger charge is 2.25. The summed E-state index contributed by atoms with van der Waals surface area (Å²) in [5.74, 6) is 0. The number of likely N-dealkylation sites (tertiary alicyclic amines) is 1. The van der Waals surface area contributed by atoms with Gasteiger partial charge in [-0.3, -0.25) is 4.90 Å². The summed E-state index contributed by atoms with van der Waals surface area (Å²) in [5.41, 5.74) is 5.70. The lowest BCUT2D eigenvalue weighted by Gasteiger charge is -2.36. The van der Waals surface area contributed by atoms with Gasteiger partial charge in [0.2, 0.25) is 0 Å². The summed E-state index contributed by atoms with van der Waals surface area (Å²) in [4.78, 5) is 3.00. The Morgan fingerprint density at radius 1 is 1.57 bits per heavy atom. The zero-order chi connectivity index (χ0) is 10.6. The van der Waals surface area contributed by atoms with Gasteiger partial charge in [-0.05, 0) is 19.3 Å². The van der Waals surface area contributed by atoms with Crippen LogP contribution >= 0.6 is 12.2 Å². The Bertz CT molecular complexity index is 191. The standard InChI is InChI=1S/C10H20N2OS/c1-3-9(10(11)14)12-6-4-8(13-2)5-7-12/h8-9H,3-7H2,1-2H3,(H2,11,14). The van der Waals surface area contributed by atoms with Gasteiger partial charge in [0.15, 0.2) is 0 Å². The molecule has 1 saturated heterocycles. The van der Waals surface area contributed by atoms with E-state index in [-0.39, 0.29) is 6.04 Å². The number of nitrogens with two attached hydrogens (primary N) is 1. The third-order valence-corrected chi connectivity index (χ3v) is 3.24. The van der Waals surface area contributed by atoms with Crippen molar-refractivity contribution in [2.45, 2.75) is 38.3 Å². The van der Waals surface area contributed by atoms with Gasteiger partial charge >= 0.3 is 0 Å². The van der Waals surface area contributed by atoms with Crippen LogP contribution in [0.15, 0.2) is 0 Å². The van der Waals surface area contributed by atoms with Crippen LogP contribution in [0.2, 0.25) is 0 Å². The number of thiocarbonyl (C=S) groups is 1. The van der Waals surface area contributed by atoms with Crippen LogP contribution < -0.4 is 5.73 Å². The molecule has 3 nitrogen and oxygen atoms in total. The zero-order valence-corrected chi connectivity index (χ0v) is 9.85. The SMILES string of the molecule is CCC(C(N)=S)N1CCC(OC)CC1. The Hall–Kier alpha value is -0.190. The van der Waals surface area contributed by atoms with E-state index in [9.17, 15) is 0 Å². The van der Waals surface area contributed by atoms with Gasteiger partial charge in [-0.2, -0.15) is 0 Å². The molecule has 1 aliphatic heterocycles. The maximum absolute atomic E-state index is 5.70. The average Bonchev–Trinajstić information content (AvgIpc) is 2.19. The van der Waals surface area contributed by atoms with Gasteiger partial charge < -0.3 is 10.5 Å². The minimum absolute atomic E-state index is 0.280. The summed E-state index contributed by atoms with van der Waals surface area (Å²) in [6.07, 6.45) is 3.62. The first-order valence-electron chi connectivity index (χ1n) is 5.25. The first-order chi connectivity index (χ1) is 6.69. The number of nitrogens with zero attached hydrogens (tertiary/aromatic N) is 1. The molecule has 0 aromatic carbocycles. The summed E-state index contributed by atoms with van der Waals surface area (Å²) in [5, 5.41) is 0. The number of hydrogen-bond donors (Lipinski definition) is 1. The number of ether oxygens (including phenoxy) is 1. The molecule has 1 fully saturated rings. The highest BCUT2D eigenvalue weighted by molar-refractivity contribution is 7.80. The van der Waals surface area contributed by atoms with E-state index in [1.165, 1.54) is 0 Å². The van der Waals surface area contributed by atoms with Crippen molar-refractivity contribution in [2.75, 3.05) is 20.2 Å². The molecule has 0 amide bonds. The molecule has 1 rings (SSSR count). The molecule has 1 unspecified atom stereocenters. The predicted molar refractivity (Wildman–Crippen MR) is 62.5 cm³/mol. The van der Waals surface area contributed by atoms with Crippen LogP contribution in [0.3, 0.4) is 0 Å². The van der Waals surface area contributed by atoms with Crippen LogP contribution in [-0.4, -0.2) is 42.2 Å². The van der Waals surface area contributed by atoms with Crippen molar-refractivity contribution in [3.8, 4) is 0 Å². The van der Waals surface area contributed by atoms with Gasteiger partial charge in [-0.1, -0.05) is 19.1 Å². The van der Waals surface area contributed by atoms with Gasteiger partial charge in [0, 0.05) is 20.2 Å². The Morgan fingerprint density at radius 2 is 2.14 bits per heavy atom. The molecule has 0 spiro atoms. The fraction of sp³-hybridized carbons (Fsp3) is 0.900.